The summed E-state index contributed by atoms with van der Waals surface area (Å²) in [6.45, 7) is 7.61. The Kier molecular flexibility index (Phi) is 5.24. The fraction of sp³-hybridized carbons (Fsp3) is 0.357. The number of ether oxygens (including phenoxy) is 1. The minimum Gasteiger partial charge on any atom is -0.461 e. The summed E-state index contributed by atoms with van der Waals surface area (Å²) in [4.78, 5) is 11.7. The molecule has 0 amide bonds. The van der Waals surface area contributed by atoms with Crippen LogP contribution in [0, 0.1) is 5.41 Å². The Bertz CT molecular complexity index is 433. The molecular formula is C14H16Cl2O2. The third kappa shape index (κ3) is 4.35. The molecule has 0 aliphatic heterocycles. The van der Waals surface area contributed by atoms with Crippen LogP contribution in [0.5, 0.6) is 0 Å². The van der Waals surface area contributed by atoms with Crippen LogP contribution in [0.3, 0.4) is 0 Å². The first-order valence-electron chi connectivity index (χ1n) is 5.58. The van der Waals surface area contributed by atoms with Gasteiger partial charge in [-0.1, -0.05) is 49.2 Å². The molecule has 0 radical (unpaired) electrons. The van der Waals surface area contributed by atoms with Gasteiger partial charge in [-0.2, -0.15) is 0 Å². The average molecular weight is 287 g/mol. The summed E-state index contributed by atoms with van der Waals surface area (Å²) in [5.41, 5.74) is 0.354. The summed E-state index contributed by atoms with van der Waals surface area (Å²) in [6.07, 6.45) is 2.01. The summed E-state index contributed by atoms with van der Waals surface area (Å²) in [6, 6.07) is 5.17. The van der Waals surface area contributed by atoms with Crippen molar-refractivity contribution in [1.82, 2.24) is 0 Å². The van der Waals surface area contributed by atoms with Gasteiger partial charge in [-0.05, 0) is 17.5 Å². The highest BCUT2D eigenvalue weighted by Crippen LogP contribution is 2.26. The van der Waals surface area contributed by atoms with Gasteiger partial charge in [-0.25, -0.2) is 0 Å². The van der Waals surface area contributed by atoms with Crippen LogP contribution in [-0.4, -0.2) is 5.97 Å². The van der Waals surface area contributed by atoms with Gasteiger partial charge in [0.05, 0.1) is 6.42 Å². The number of carbonyl (C=O) groups is 1. The van der Waals surface area contributed by atoms with Crippen LogP contribution in [0.25, 0.3) is 0 Å². The maximum Gasteiger partial charge on any atom is 0.306 e. The van der Waals surface area contributed by atoms with Gasteiger partial charge in [0, 0.05) is 15.6 Å². The Morgan fingerprint density at radius 2 is 1.94 bits per heavy atom. The molecule has 2 nitrogen and oxygen atoms in total. The van der Waals surface area contributed by atoms with E-state index in [0.29, 0.717) is 15.6 Å². The second-order valence-corrected chi connectivity index (χ2v) is 5.54. The summed E-state index contributed by atoms with van der Waals surface area (Å²) < 4.78 is 5.17. The van der Waals surface area contributed by atoms with Crippen molar-refractivity contribution >= 4 is 29.2 Å². The zero-order valence-electron chi connectivity index (χ0n) is 10.5. The largest absolute Gasteiger partial charge is 0.461 e. The maximum absolute atomic E-state index is 11.7. The van der Waals surface area contributed by atoms with Crippen molar-refractivity contribution < 1.29 is 9.53 Å². The van der Waals surface area contributed by atoms with E-state index in [1.807, 2.05) is 13.8 Å². The molecule has 0 N–H and O–H groups in total. The number of hydrogen-bond donors (Lipinski definition) is 0. The number of benzene rings is 1. The van der Waals surface area contributed by atoms with Crippen LogP contribution in [-0.2, 0) is 16.1 Å². The lowest BCUT2D eigenvalue weighted by atomic mass is 9.90. The first kappa shape index (κ1) is 15.1. The molecule has 0 unspecified atom stereocenters. The van der Waals surface area contributed by atoms with Crippen molar-refractivity contribution in [2.24, 2.45) is 5.41 Å². The van der Waals surface area contributed by atoms with Crippen LogP contribution in [0.4, 0.5) is 0 Å². The van der Waals surface area contributed by atoms with E-state index < -0.39 is 0 Å². The third-order valence-electron chi connectivity index (χ3n) is 2.59. The molecule has 4 heteroatoms. The van der Waals surface area contributed by atoms with Gasteiger partial charge in [0.1, 0.15) is 6.61 Å². The van der Waals surface area contributed by atoms with Crippen molar-refractivity contribution in [1.29, 1.82) is 0 Å². The highest BCUT2D eigenvalue weighted by Gasteiger charge is 2.19. The van der Waals surface area contributed by atoms with Gasteiger partial charge in [-0.15, -0.1) is 6.58 Å². The molecule has 0 aliphatic rings. The second kappa shape index (κ2) is 6.26. The molecule has 1 aromatic carbocycles. The summed E-state index contributed by atoms with van der Waals surface area (Å²) in [7, 11) is 0. The smallest absolute Gasteiger partial charge is 0.306 e. The summed E-state index contributed by atoms with van der Waals surface area (Å²) in [5, 5.41) is 0.997. The Balaban J connectivity index is 2.61. The quantitative estimate of drug-likeness (QED) is 0.582. The van der Waals surface area contributed by atoms with Crippen molar-refractivity contribution in [3.63, 3.8) is 0 Å². The lowest BCUT2D eigenvalue weighted by molar-refractivity contribution is -0.146. The predicted molar refractivity (Wildman–Crippen MR) is 74.9 cm³/mol. The van der Waals surface area contributed by atoms with Crippen molar-refractivity contribution in [2.45, 2.75) is 26.9 Å². The zero-order chi connectivity index (χ0) is 13.8. The number of allylic oxidation sites excluding steroid dienone is 1. The van der Waals surface area contributed by atoms with E-state index in [4.69, 9.17) is 27.9 Å². The Morgan fingerprint density at radius 1 is 1.39 bits per heavy atom. The molecule has 0 atom stereocenters. The molecule has 0 heterocycles. The molecule has 0 aromatic heterocycles. The number of halogens is 2. The van der Waals surface area contributed by atoms with Gasteiger partial charge in [0.15, 0.2) is 0 Å². The second-order valence-electron chi connectivity index (χ2n) is 4.73. The van der Waals surface area contributed by atoms with E-state index in [1.54, 1.807) is 24.3 Å². The Hall–Kier alpha value is -0.990. The number of esters is 1. The minimum atomic E-state index is -0.295. The van der Waals surface area contributed by atoms with Crippen LogP contribution >= 0.6 is 23.2 Å². The SMILES string of the molecule is C=CC(C)(C)CC(=O)OCc1c(Cl)cccc1Cl. The molecular weight excluding hydrogens is 271 g/mol. The maximum atomic E-state index is 11.7. The standard InChI is InChI=1S/C14H16Cl2O2/c1-4-14(2,3)8-13(17)18-9-10-11(15)6-5-7-12(10)16/h4-7H,1,8-9H2,2-3H3. The van der Waals surface area contributed by atoms with Gasteiger partial charge in [0.25, 0.3) is 0 Å². The molecule has 0 saturated carbocycles. The van der Waals surface area contributed by atoms with E-state index in [0.717, 1.165) is 0 Å². The zero-order valence-corrected chi connectivity index (χ0v) is 12.0. The fourth-order valence-electron chi connectivity index (χ4n) is 1.32. The summed E-state index contributed by atoms with van der Waals surface area (Å²) in [5.74, 6) is -0.295. The molecule has 0 spiro atoms. The number of rotatable bonds is 5. The molecule has 18 heavy (non-hydrogen) atoms. The van der Waals surface area contributed by atoms with E-state index in [1.165, 1.54) is 0 Å². The topological polar surface area (TPSA) is 26.3 Å². The van der Waals surface area contributed by atoms with Crippen molar-refractivity contribution in [3.8, 4) is 0 Å². The molecule has 1 rings (SSSR count). The first-order valence-corrected chi connectivity index (χ1v) is 6.33. The lowest BCUT2D eigenvalue weighted by Gasteiger charge is -2.18. The Morgan fingerprint density at radius 3 is 2.44 bits per heavy atom. The van der Waals surface area contributed by atoms with Crippen LogP contribution < -0.4 is 0 Å². The monoisotopic (exact) mass is 286 g/mol. The number of hydrogen-bond acceptors (Lipinski definition) is 2. The normalized spacial score (nSPS) is 11.1. The highest BCUT2D eigenvalue weighted by molar-refractivity contribution is 6.35. The molecule has 0 bridgehead atoms. The Labute approximate surface area is 118 Å². The van der Waals surface area contributed by atoms with Gasteiger partial charge >= 0.3 is 5.97 Å². The van der Waals surface area contributed by atoms with Crippen LogP contribution in [0.2, 0.25) is 10.0 Å². The third-order valence-corrected chi connectivity index (χ3v) is 3.30. The van der Waals surface area contributed by atoms with Gasteiger partial charge < -0.3 is 4.74 Å². The summed E-state index contributed by atoms with van der Waals surface area (Å²) >= 11 is 12.0. The minimum absolute atomic E-state index is 0.0879. The van der Waals surface area contributed by atoms with Crippen molar-refractivity contribution in [3.05, 3.63) is 46.5 Å². The van der Waals surface area contributed by atoms with Gasteiger partial charge in [-0.3, -0.25) is 4.79 Å². The fourth-order valence-corrected chi connectivity index (χ4v) is 1.82. The van der Waals surface area contributed by atoms with Crippen LogP contribution in [0.1, 0.15) is 25.8 Å². The van der Waals surface area contributed by atoms with E-state index in [-0.39, 0.29) is 24.4 Å². The molecule has 0 aliphatic carbocycles. The molecule has 1 aromatic rings. The van der Waals surface area contributed by atoms with E-state index in [9.17, 15) is 4.79 Å². The highest BCUT2D eigenvalue weighted by atomic mass is 35.5. The van der Waals surface area contributed by atoms with E-state index >= 15 is 0 Å². The van der Waals surface area contributed by atoms with Crippen molar-refractivity contribution in [2.75, 3.05) is 0 Å². The number of carbonyl (C=O) groups excluding carboxylic acids is 1. The molecule has 0 saturated heterocycles. The van der Waals surface area contributed by atoms with E-state index in [2.05, 4.69) is 6.58 Å². The first-order chi connectivity index (χ1) is 8.35. The van der Waals surface area contributed by atoms with Crippen LogP contribution in [0.15, 0.2) is 30.9 Å². The molecule has 98 valence electrons. The van der Waals surface area contributed by atoms with Gasteiger partial charge in [0.2, 0.25) is 0 Å². The predicted octanol–water partition coefficient (Wildman–Crippen LogP) is 4.64. The molecule has 0 fully saturated rings. The average Bonchev–Trinajstić information content (AvgIpc) is 2.28. The lowest BCUT2D eigenvalue weighted by Crippen LogP contribution is -2.16.